The molecule has 6 nitrogen and oxygen atoms in total. The normalized spacial score (nSPS) is 13.8. The quantitative estimate of drug-likeness (QED) is 0.394. The number of amides is 2. The van der Waals surface area contributed by atoms with Crippen LogP contribution in [-0.2, 0) is 14.3 Å². The van der Waals surface area contributed by atoms with Crippen LogP contribution in [0.3, 0.4) is 0 Å². The second-order valence-corrected chi connectivity index (χ2v) is 7.46. The number of carbonyl (C=O) groups excluding carboxylic acids is 3. The molecule has 3 rings (SSSR count). The monoisotopic (exact) mass is 426 g/mol. The van der Waals surface area contributed by atoms with Gasteiger partial charge in [0.25, 0.3) is 11.8 Å². The van der Waals surface area contributed by atoms with Gasteiger partial charge >= 0.3 is 5.97 Å². The van der Waals surface area contributed by atoms with E-state index in [1.165, 1.54) is 12.1 Å². The summed E-state index contributed by atoms with van der Waals surface area (Å²) in [5, 5.41) is 2.75. The number of halogens is 1. The van der Waals surface area contributed by atoms with E-state index < -0.39 is 17.8 Å². The summed E-state index contributed by atoms with van der Waals surface area (Å²) in [7, 11) is 0. The molecule has 1 aliphatic heterocycles. The Morgan fingerprint density at radius 3 is 2.53 bits per heavy atom. The molecule has 0 spiro atoms. The number of esters is 1. The van der Waals surface area contributed by atoms with E-state index in [2.05, 4.69) is 5.32 Å². The van der Waals surface area contributed by atoms with Gasteiger partial charge in [0.1, 0.15) is 10.7 Å². The molecule has 0 unspecified atom stereocenters. The van der Waals surface area contributed by atoms with Gasteiger partial charge in [0.15, 0.2) is 0 Å². The van der Waals surface area contributed by atoms with Gasteiger partial charge < -0.3 is 10.1 Å². The largest absolute Gasteiger partial charge is 0.462 e. The van der Waals surface area contributed by atoms with Crippen LogP contribution in [0.2, 0.25) is 0 Å². The highest BCUT2D eigenvalue weighted by molar-refractivity contribution is 6.53. The Hall–Kier alpha value is -3.12. The van der Waals surface area contributed by atoms with Crippen molar-refractivity contribution in [1.29, 1.82) is 0 Å². The van der Waals surface area contributed by atoms with Crippen LogP contribution < -0.4 is 10.2 Å². The highest BCUT2D eigenvalue weighted by Crippen LogP contribution is 2.33. The summed E-state index contributed by atoms with van der Waals surface area (Å²) in [5.41, 5.74) is 2.90. The van der Waals surface area contributed by atoms with Crippen molar-refractivity contribution in [2.45, 2.75) is 33.6 Å². The lowest BCUT2D eigenvalue weighted by atomic mass is 10.1. The van der Waals surface area contributed by atoms with Crippen molar-refractivity contribution in [2.24, 2.45) is 0 Å². The van der Waals surface area contributed by atoms with Crippen LogP contribution in [0.1, 0.15) is 41.3 Å². The minimum Gasteiger partial charge on any atom is -0.462 e. The summed E-state index contributed by atoms with van der Waals surface area (Å²) < 4.78 is 5.27. The molecule has 7 heteroatoms. The number of unbranched alkanes of at least 4 members (excludes halogenated alkanes) is 1. The van der Waals surface area contributed by atoms with Crippen LogP contribution in [0.5, 0.6) is 0 Å². The van der Waals surface area contributed by atoms with E-state index in [0.29, 0.717) is 5.69 Å². The summed E-state index contributed by atoms with van der Waals surface area (Å²) in [6, 6.07) is 12.0. The SMILES string of the molecule is CCCCOC(=O)c1ccccc1N1C(=O)C(Cl)=C(Nc2ccc(C)cc2C)C1=O. The van der Waals surface area contributed by atoms with Crippen molar-refractivity contribution in [2.75, 3.05) is 16.8 Å². The zero-order valence-electron chi connectivity index (χ0n) is 17.1. The van der Waals surface area contributed by atoms with Gasteiger partial charge in [-0.25, -0.2) is 9.69 Å². The molecule has 156 valence electrons. The second-order valence-electron chi connectivity index (χ2n) is 7.08. The van der Waals surface area contributed by atoms with Gasteiger partial charge in [0, 0.05) is 5.69 Å². The first kappa shape index (κ1) is 21.6. The Kier molecular flexibility index (Phi) is 6.57. The molecule has 0 saturated heterocycles. The number of rotatable bonds is 7. The Balaban J connectivity index is 1.90. The Morgan fingerprint density at radius 2 is 1.83 bits per heavy atom. The average Bonchev–Trinajstić information content (AvgIpc) is 2.93. The van der Waals surface area contributed by atoms with Crippen LogP contribution in [0.15, 0.2) is 53.2 Å². The maximum atomic E-state index is 13.1. The molecule has 1 N–H and O–H groups in total. The number of nitrogens with one attached hydrogen (secondary N) is 1. The van der Waals surface area contributed by atoms with Crippen molar-refractivity contribution in [3.8, 4) is 0 Å². The lowest BCUT2D eigenvalue weighted by Gasteiger charge is -2.18. The zero-order valence-corrected chi connectivity index (χ0v) is 17.9. The van der Waals surface area contributed by atoms with Crippen molar-refractivity contribution in [3.05, 3.63) is 69.9 Å². The predicted molar refractivity (Wildman–Crippen MR) is 117 cm³/mol. The molecule has 1 aliphatic rings. The Morgan fingerprint density at radius 1 is 1.10 bits per heavy atom. The molecule has 1 heterocycles. The van der Waals surface area contributed by atoms with Gasteiger partial charge in [-0.2, -0.15) is 0 Å². The smallest absolute Gasteiger partial charge is 0.340 e. The van der Waals surface area contributed by atoms with E-state index in [1.54, 1.807) is 12.1 Å². The van der Waals surface area contributed by atoms with E-state index in [-0.39, 0.29) is 28.6 Å². The van der Waals surface area contributed by atoms with Crippen LogP contribution in [-0.4, -0.2) is 24.4 Å². The summed E-state index contributed by atoms with van der Waals surface area (Å²) in [5.74, 6) is -1.91. The highest BCUT2D eigenvalue weighted by atomic mass is 35.5. The lowest BCUT2D eigenvalue weighted by molar-refractivity contribution is -0.120. The molecule has 0 radical (unpaired) electrons. The van der Waals surface area contributed by atoms with Crippen molar-refractivity contribution in [1.82, 2.24) is 0 Å². The molecular formula is C23H23ClN2O4. The lowest BCUT2D eigenvalue weighted by Crippen LogP contribution is -2.33. The van der Waals surface area contributed by atoms with Gasteiger partial charge in [-0.15, -0.1) is 0 Å². The fraction of sp³-hybridized carbons (Fsp3) is 0.261. The minimum absolute atomic E-state index is 0.0252. The van der Waals surface area contributed by atoms with E-state index in [9.17, 15) is 14.4 Å². The molecule has 0 atom stereocenters. The molecular weight excluding hydrogens is 404 g/mol. The number of aryl methyl sites for hydroxylation is 2. The third-order valence-corrected chi connectivity index (χ3v) is 5.12. The Labute approximate surface area is 180 Å². The first-order chi connectivity index (χ1) is 14.3. The van der Waals surface area contributed by atoms with Crippen molar-refractivity contribution >= 4 is 40.8 Å². The van der Waals surface area contributed by atoms with E-state index >= 15 is 0 Å². The third-order valence-electron chi connectivity index (χ3n) is 4.76. The molecule has 0 saturated carbocycles. The molecule has 0 aliphatic carbocycles. The van der Waals surface area contributed by atoms with Crippen LogP contribution >= 0.6 is 11.6 Å². The number of anilines is 2. The maximum absolute atomic E-state index is 13.1. The molecule has 2 aromatic rings. The number of ether oxygens (including phenoxy) is 1. The topological polar surface area (TPSA) is 75.7 Å². The van der Waals surface area contributed by atoms with Crippen LogP contribution in [0.25, 0.3) is 0 Å². The van der Waals surface area contributed by atoms with Gasteiger partial charge in [-0.05, 0) is 44.0 Å². The van der Waals surface area contributed by atoms with Gasteiger partial charge in [0.05, 0.1) is 17.9 Å². The molecule has 2 aromatic carbocycles. The number of hydrogen-bond donors (Lipinski definition) is 1. The highest BCUT2D eigenvalue weighted by Gasteiger charge is 2.40. The van der Waals surface area contributed by atoms with Crippen LogP contribution in [0, 0.1) is 13.8 Å². The molecule has 0 aromatic heterocycles. The third kappa shape index (κ3) is 4.24. The second kappa shape index (κ2) is 9.13. The number of benzene rings is 2. The number of carbonyl (C=O) groups is 3. The Bertz CT molecular complexity index is 1050. The van der Waals surface area contributed by atoms with Crippen LogP contribution in [0.4, 0.5) is 11.4 Å². The van der Waals surface area contributed by atoms with E-state index in [0.717, 1.165) is 28.9 Å². The molecule has 2 amide bonds. The number of imide groups is 1. The average molecular weight is 427 g/mol. The number of nitrogens with zero attached hydrogens (tertiary/aromatic N) is 1. The first-order valence-corrected chi connectivity index (χ1v) is 10.1. The zero-order chi connectivity index (χ0) is 21.8. The first-order valence-electron chi connectivity index (χ1n) is 9.74. The molecule has 0 fully saturated rings. The fourth-order valence-corrected chi connectivity index (χ4v) is 3.36. The van der Waals surface area contributed by atoms with Gasteiger partial charge in [-0.3, -0.25) is 9.59 Å². The number of hydrogen-bond acceptors (Lipinski definition) is 5. The summed E-state index contributed by atoms with van der Waals surface area (Å²) in [6.45, 7) is 6.11. The van der Waals surface area contributed by atoms with Crippen molar-refractivity contribution < 1.29 is 19.1 Å². The summed E-state index contributed by atoms with van der Waals surface area (Å²) in [4.78, 5) is 39.3. The number of para-hydroxylation sites is 1. The maximum Gasteiger partial charge on any atom is 0.340 e. The molecule has 30 heavy (non-hydrogen) atoms. The minimum atomic E-state index is -0.692. The van der Waals surface area contributed by atoms with E-state index in [4.69, 9.17) is 16.3 Å². The van der Waals surface area contributed by atoms with E-state index in [1.807, 2.05) is 39.0 Å². The predicted octanol–water partition coefficient (Wildman–Crippen LogP) is 4.70. The standard InChI is InChI=1S/C23H23ClN2O4/c1-4-5-12-30-23(29)16-8-6-7-9-18(16)26-21(27)19(24)20(22(26)28)25-17-11-10-14(2)13-15(17)3/h6-11,13,25H,4-5,12H2,1-3H3. The van der Waals surface area contributed by atoms with Gasteiger partial charge in [-0.1, -0.05) is 54.8 Å². The summed E-state index contributed by atoms with van der Waals surface area (Å²) in [6.07, 6.45) is 1.61. The fourth-order valence-electron chi connectivity index (χ4n) is 3.15. The van der Waals surface area contributed by atoms with Gasteiger partial charge in [0.2, 0.25) is 0 Å². The molecule has 0 bridgehead atoms. The summed E-state index contributed by atoms with van der Waals surface area (Å²) >= 11 is 6.22. The van der Waals surface area contributed by atoms with Crippen molar-refractivity contribution in [3.63, 3.8) is 0 Å².